The zero-order chi connectivity index (χ0) is 14.4. The zero-order valence-electron chi connectivity index (χ0n) is 11.9. The number of amides is 1. The van der Waals surface area contributed by atoms with Gasteiger partial charge < -0.3 is 15.8 Å². The molecule has 4 heteroatoms. The molecule has 0 bridgehead atoms. The zero-order valence-corrected chi connectivity index (χ0v) is 11.9. The topological polar surface area (TPSA) is 64.3 Å². The van der Waals surface area contributed by atoms with Crippen molar-refractivity contribution in [2.75, 3.05) is 19.4 Å². The van der Waals surface area contributed by atoms with Gasteiger partial charge in [-0.1, -0.05) is 17.7 Å². The number of hydrogen-bond acceptors (Lipinski definition) is 3. The molecule has 108 valence electrons. The van der Waals surface area contributed by atoms with Crippen molar-refractivity contribution in [2.45, 2.75) is 32.1 Å². The molecule has 1 amide bonds. The third kappa shape index (κ3) is 3.53. The summed E-state index contributed by atoms with van der Waals surface area (Å²) in [6.45, 7) is 0.655. The van der Waals surface area contributed by atoms with E-state index in [-0.39, 0.29) is 5.91 Å². The van der Waals surface area contributed by atoms with E-state index in [1.165, 1.54) is 31.9 Å². The highest BCUT2D eigenvalue weighted by molar-refractivity contribution is 5.98. The van der Waals surface area contributed by atoms with E-state index in [9.17, 15) is 4.79 Å². The van der Waals surface area contributed by atoms with Gasteiger partial charge in [0.2, 0.25) is 0 Å². The van der Waals surface area contributed by atoms with E-state index in [4.69, 9.17) is 10.5 Å². The van der Waals surface area contributed by atoms with Gasteiger partial charge in [0.15, 0.2) is 5.75 Å². The number of nitrogen functional groups attached to an aromatic ring is 1. The first kappa shape index (κ1) is 14.4. The number of ether oxygens (including phenoxy) is 1. The SMILES string of the molecule is COc1c(N)cccc1C(=O)NCCC1=CCCCC1. The molecule has 1 aliphatic rings. The van der Waals surface area contributed by atoms with Crippen molar-refractivity contribution in [2.24, 2.45) is 0 Å². The lowest BCUT2D eigenvalue weighted by Crippen LogP contribution is -2.25. The molecule has 1 aliphatic carbocycles. The molecule has 20 heavy (non-hydrogen) atoms. The van der Waals surface area contributed by atoms with E-state index in [2.05, 4.69) is 11.4 Å². The van der Waals surface area contributed by atoms with E-state index in [0.29, 0.717) is 23.5 Å². The van der Waals surface area contributed by atoms with Gasteiger partial charge in [0.25, 0.3) is 5.91 Å². The van der Waals surface area contributed by atoms with Crippen LogP contribution in [0.5, 0.6) is 5.75 Å². The fourth-order valence-corrected chi connectivity index (χ4v) is 2.53. The van der Waals surface area contributed by atoms with Crippen molar-refractivity contribution in [3.63, 3.8) is 0 Å². The first-order valence-corrected chi connectivity index (χ1v) is 7.11. The molecule has 1 aromatic rings. The Balaban J connectivity index is 1.92. The number of carbonyl (C=O) groups is 1. The van der Waals surface area contributed by atoms with Crippen molar-refractivity contribution < 1.29 is 9.53 Å². The van der Waals surface area contributed by atoms with Crippen LogP contribution < -0.4 is 15.8 Å². The molecule has 0 saturated heterocycles. The molecule has 0 atom stereocenters. The number of benzene rings is 1. The number of methoxy groups -OCH3 is 1. The molecule has 0 saturated carbocycles. The number of nitrogens with one attached hydrogen (secondary N) is 1. The second-order valence-corrected chi connectivity index (χ2v) is 5.04. The summed E-state index contributed by atoms with van der Waals surface area (Å²) >= 11 is 0. The van der Waals surface area contributed by atoms with Crippen LogP contribution in [0, 0.1) is 0 Å². The van der Waals surface area contributed by atoms with Gasteiger partial charge in [-0.15, -0.1) is 0 Å². The number of rotatable bonds is 5. The number of para-hydroxylation sites is 1. The van der Waals surface area contributed by atoms with Crippen molar-refractivity contribution >= 4 is 11.6 Å². The van der Waals surface area contributed by atoms with Gasteiger partial charge in [0.1, 0.15) is 0 Å². The average Bonchev–Trinajstić information content (AvgIpc) is 2.48. The Bertz CT molecular complexity index is 509. The van der Waals surface area contributed by atoms with Crippen LogP contribution in [0.1, 0.15) is 42.5 Å². The van der Waals surface area contributed by atoms with Crippen LogP contribution in [-0.2, 0) is 0 Å². The molecule has 4 nitrogen and oxygen atoms in total. The molecule has 0 heterocycles. The third-order valence-corrected chi connectivity index (χ3v) is 3.61. The Kier molecular flexibility index (Phi) is 5.04. The number of nitrogens with two attached hydrogens (primary N) is 1. The summed E-state index contributed by atoms with van der Waals surface area (Å²) in [5.41, 5.74) is 8.23. The van der Waals surface area contributed by atoms with Crippen LogP contribution in [0.2, 0.25) is 0 Å². The second-order valence-electron chi connectivity index (χ2n) is 5.04. The molecule has 3 N–H and O–H groups in total. The van der Waals surface area contributed by atoms with Gasteiger partial charge >= 0.3 is 0 Å². The minimum absolute atomic E-state index is 0.134. The highest BCUT2D eigenvalue weighted by Crippen LogP contribution is 2.25. The predicted molar refractivity (Wildman–Crippen MR) is 80.9 cm³/mol. The second kappa shape index (κ2) is 6.98. The molecule has 1 aromatic carbocycles. The fourth-order valence-electron chi connectivity index (χ4n) is 2.53. The number of allylic oxidation sites excluding steroid dienone is 1. The van der Waals surface area contributed by atoms with E-state index < -0.39 is 0 Å². The smallest absolute Gasteiger partial charge is 0.255 e. The molecule has 2 rings (SSSR count). The lowest BCUT2D eigenvalue weighted by atomic mass is 9.97. The maximum atomic E-state index is 12.2. The summed E-state index contributed by atoms with van der Waals surface area (Å²) in [5.74, 6) is 0.312. The van der Waals surface area contributed by atoms with Gasteiger partial charge in [-0.05, 0) is 44.2 Å². The summed E-state index contributed by atoms with van der Waals surface area (Å²) in [4.78, 5) is 12.2. The molecule has 0 unspecified atom stereocenters. The van der Waals surface area contributed by atoms with E-state index in [1.54, 1.807) is 18.2 Å². The van der Waals surface area contributed by atoms with E-state index >= 15 is 0 Å². The minimum atomic E-state index is -0.134. The number of carbonyl (C=O) groups excluding carboxylic acids is 1. The molecular weight excluding hydrogens is 252 g/mol. The van der Waals surface area contributed by atoms with Crippen LogP contribution in [0.25, 0.3) is 0 Å². The Morgan fingerprint density at radius 1 is 1.40 bits per heavy atom. The van der Waals surface area contributed by atoms with E-state index in [1.807, 2.05) is 0 Å². The normalized spacial score (nSPS) is 14.6. The molecule has 0 aliphatic heterocycles. The maximum absolute atomic E-state index is 12.2. The molecule has 0 radical (unpaired) electrons. The predicted octanol–water partition coefficient (Wildman–Crippen LogP) is 2.90. The molecular formula is C16H22N2O2. The third-order valence-electron chi connectivity index (χ3n) is 3.61. The summed E-state index contributed by atoms with van der Waals surface area (Å²) in [6.07, 6.45) is 8.12. The van der Waals surface area contributed by atoms with Crippen LogP contribution in [0.4, 0.5) is 5.69 Å². The van der Waals surface area contributed by atoms with Crippen molar-refractivity contribution in [3.8, 4) is 5.75 Å². The Hall–Kier alpha value is -1.97. The van der Waals surface area contributed by atoms with Gasteiger partial charge in [-0.25, -0.2) is 0 Å². The lowest BCUT2D eigenvalue weighted by Gasteiger charge is -2.14. The van der Waals surface area contributed by atoms with Gasteiger partial charge in [-0.3, -0.25) is 4.79 Å². The fraction of sp³-hybridized carbons (Fsp3) is 0.438. The number of hydrogen-bond donors (Lipinski definition) is 2. The highest BCUT2D eigenvalue weighted by Gasteiger charge is 2.14. The van der Waals surface area contributed by atoms with Gasteiger partial charge in [0.05, 0.1) is 18.4 Å². The van der Waals surface area contributed by atoms with Gasteiger partial charge in [0, 0.05) is 6.54 Å². The minimum Gasteiger partial charge on any atom is -0.494 e. The van der Waals surface area contributed by atoms with Crippen LogP contribution in [0.15, 0.2) is 29.8 Å². The monoisotopic (exact) mass is 274 g/mol. The first-order chi connectivity index (χ1) is 9.72. The lowest BCUT2D eigenvalue weighted by molar-refractivity contribution is 0.0951. The molecule has 0 spiro atoms. The molecule has 0 fully saturated rings. The number of anilines is 1. The maximum Gasteiger partial charge on any atom is 0.255 e. The Morgan fingerprint density at radius 3 is 2.95 bits per heavy atom. The average molecular weight is 274 g/mol. The summed E-state index contributed by atoms with van der Waals surface area (Å²) in [6, 6.07) is 5.21. The summed E-state index contributed by atoms with van der Waals surface area (Å²) in [7, 11) is 1.52. The summed E-state index contributed by atoms with van der Waals surface area (Å²) < 4.78 is 5.20. The van der Waals surface area contributed by atoms with Crippen LogP contribution in [0.3, 0.4) is 0 Å². The molecule has 0 aromatic heterocycles. The van der Waals surface area contributed by atoms with Crippen LogP contribution >= 0.6 is 0 Å². The first-order valence-electron chi connectivity index (χ1n) is 7.11. The van der Waals surface area contributed by atoms with Crippen molar-refractivity contribution in [3.05, 3.63) is 35.4 Å². The highest BCUT2D eigenvalue weighted by atomic mass is 16.5. The summed E-state index contributed by atoms with van der Waals surface area (Å²) in [5, 5.41) is 2.93. The standard InChI is InChI=1S/C16H22N2O2/c1-20-15-13(8-5-9-14(15)17)16(19)18-11-10-12-6-3-2-4-7-12/h5-6,8-9H,2-4,7,10-11,17H2,1H3,(H,18,19). The van der Waals surface area contributed by atoms with Crippen molar-refractivity contribution in [1.29, 1.82) is 0 Å². The van der Waals surface area contributed by atoms with Crippen LogP contribution in [-0.4, -0.2) is 19.6 Å². The van der Waals surface area contributed by atoms with E-state index in [0.717, 1.165) is 12.8 Å². The Morgan fingerprint density at radius 2 is 2.25 bits per heavy atom. The largest absolute Gasteiger partial charge is 0.494 e. The van der Waals surface area contributed by atoms with Crippen molar-refractivity contribution in [1.82, 2.24) is 5.32 Å². The van der Waals surface area contributed by atoms with Gasteiger partial charge in [-0.2, -0.15) is 0 Å². The Labute approximate surface area is 120 Å². The quantitative estimate of drug-likeness (QED) is 0.641.